The Morgan fingerprint density at radius 3 is 1.86 bits per heavy atom. The van der Waals surface area contributed by atoms with E-state index >= 15 is 0 Å². The monoisotopic (exact) mass is 604 g/mol. The normalized spacial score (nSPS) is 14.6. The predicted octanol–water partition coefficient (Wildman–Crippen LogP) is 5.44. The van der Waals surface area contributed by atoms with Gasteiger partial charge in [-0.05, 0) is 66.6 Å². The van der Waals surface area contributed by atoms with Gasteiger partial charge in [0.25, 0.3) is 0 Å². The molecule has 0 radical (unpaired) electrons. The summed E-state index contributed by atoms with van der Waals surface area (Å²) in [5, 5.41) is 21.7. The fraction of sp³-hybridized carbons (Fsp3) is 0.429. The molecule has 4 rings (SSSR count). The van der Waals surface area contributed by atoms with Gasteiger partial charge in [0, 0.05) is 31.5 Å². The Morgan fingerprint density at radius 1 is 0.818 bits per heavy atom. The second-order valence-electron chi connectivity index (χ2n) is 11.4. The number of hydrogen-bond acceptors (Lipinski definition) is 6. The molecule has 1 saturated heterocycles. The Labute approximate surface area is 259 Å². The summed E-state index contributed by atoms with van der Waals surface area (Å²) >= 11 is 0. The first-order chi connectivity index (χ1) is 21.4. The second kappa shape index (κ2) is 15.6. The van der Waals surface area contributed by atoms with E-state index in [0.717, 1.165) is 34.6 Å². The third-order valence-corrected chi connectivity index (χ3v) is 8.62. The highest BCUT2D eigenvalue weighted by atomic mass is 16.5. The molecule has 0 unspecified atom stereocenters. The number of carboxylic acid groups (broad SMARTS) is 1. The number of nitrogens with zero attached hydrogens (tertiary/aromatic N) is 1. The molecule has 1 aliphatic rings. The molecule has 1 fully saturated rings. The maximum Gasteiger partial charge on any atom is 0.404 e. The van der Waals surface area contributed by atoms with Gasteiger partial charge in [-0.3, -0.25) is 4.79 Å². The van der Waals surface area contributed by atoms with Gasteiger partial charge in [-0.1, -0.05) is 61.0 Å². The molecule has 3 aromatic rings. The van der Waals surface area contributed by atoms with Crippen LogP contribution in [0.25, 0.3) is 0 Å². The van der Waals surface area contributed by atoms with Crippen molar-refractivity contribution in [3.8, 4) is 11.5 Å². The van der Waals surface area contributed by atoms with Crippen LogP contribution in [0.1, 0.15) is 55.2 Å². The number of amides is 2. The number of benzene rings is 3. The highest BCUT2D eigenvalue weighted by Crippen LogP contribution is 2.44. The Morgan fingerprint density at radius 2 is 1.36 bits per heavy atom. The molecule has 0 bridgehead atoms. The van der Waals surface area contributed by atoms with Gasteiger partial charge in [0.1, 0.15) is 17.1 Å². The van der Waals surface area contributed by atoms with E-state index in [1.165, 1.54) is 0 Å². The molecule has 3 N–H and O–H groups in total. The minimum Gasteiger partial charge on any atom is -0.497 e. The summed E-state index contributed by atoms with van der Waals surface area (Å²) in [6.45, 7) is 1.72. The molecule has 0 aromatic heterocycles. The molecule has 0 spiro atoms. The van der Waals surface area contributed by atoms with E-state index in [4.69, 9.17) is 19.3 Å². The number of ether oxygens (including phenoxy) is 3. The number of methoxy groups -OCH3 is 2. The lowest BCUT2D eigenvalue weighted by Crippen LogP contribution is -2.48. The molecule has 236 valence electrons. The van der Waals surface area contributed by atoms with E-state index in [9.17, 15) is 14.7 Å². The van der Waals surface area contributed by atoms with E-state index in [0.29, 0.717) is 51.7 Å². The smallest absolute Gasteiger partial charge is 0.404 e. The van der Waals surface area contributed by atoms with Crippen molar-refractivity contribution < 1.29 is 34.0 Å². The van der Waals surface area contributed by atoms with Crippen LogP contribution in [0.15, 0.2) is 78.9 Å². The van der Waals surface area contributed by atoms with Crippen LogP contribution in [-0.4, -0.2) is 74.2 Å². The number of aliphatic hydroxyl groups is 1. The number of likely N-dealkylation sites (tertiary alicyclic amines) is 1. The van der Waals surface area contributed by atoms with Crippen LogP contribution in [0.2, 0.25) is 0 Å². The lowest BCUT2D eigenvalue weighted by Gasteiger charge is -2.44. The van der Waals surface area contributed by atoms with Crippen molar-refractivity contribution >= 4 is 12.0 Å². The number of carbonyl (C=O) groups excluding carboxylic acids is 1. The van der Waals surface area contributed by atoms with Gasteiger partial charge in [-0.15, -0.1) is 0 Å². The summed E-state index contributed by atoms with van der Waals surface area (Å²) in [5.41, 5.74) is 1.31. The zero-order chi connectivity index (χ0) is 31.4. The number of unbranched alkanes of at least 4 members (excludes halogenated alkanes) is 2. The average Bonchev–Trinajstić information content (AvgIpc) is 3.07. The molecule has 3 aromatic carbocycles. The zero-order valence-corrected chi connectivity index (χ0v) is 25.7. The van der Waals surface area contributed by atoms with Gasteiger partial charge in [0.15, 0.2) is 0 Å². The quantitative estimate of drug-likeness (QED) is 0.156. The van der Waals surface area contributed by atoms with E-state index < -0.39 is 17.1 Å². The molecule has 1 heterocycles. The number of rotatable bonds is 15. The summed E-state index contributed by atoms with van der Waals surface area (Å²) < 4.78 is 18.0. The van der Waals surface area contributed by atoms with Crippen molar-refractivity contribution in [1.82, 2.24) is 10.2 Å². The minimum atomic E-state index is -1.03. The molecule has 44 heavy (non-hydrogen) atoms. The first-order valence-electron chi connectivity index (χ1n) is 15.2. The molecule has 9 nitrogen and oxygen atoms in total. The van der Waals surface area contributed by atoms with Crippen molar-refractivity contribution in [2.75, 3.05) is 47.1 Å². The topological polar surface area (TPSA) is 118 Å². The molecule has 2 amide bonds. The number of nitrogens with one attached hydrogen (secondary N) is 1. The summed E-state index contributed by atoms with van der Waals surface area (Å²) in [6, 6.07) is 25.8. The van der Waals surface area contributed by atoms with Crippen LogP contribution in [0.4, 0.5) is 4.79 Å². The number of carbonyl (C=O) groups is 2. The third-order valence-electron chi connectivity index (χ3n) is 8.62. The highest BCUT2D eigenvalue weighted by Gasteiger charge is 2.43. The Hall–Kier alpha value is -4.08. The standard InChI is InChI=1S/C35H44N2O7/c1-42-30-16-12-28(13-17-30)35(27-9-5-3-6-10-27,29-14-18-31(43-2)19-15-29)44-26-34(25-38)20-23-37(24-21-34)32(39)11-7-4-8-22-36-33(40)41/h3,5-6,9-10,12-19,36,38H,4,7-8,11,20-26H2,1-2H3,(H,40,41). The van der Waals surface area contributed by atoms with Crippen LogP contribution < -0.4 is 14.8 Å². The fourth-order valence-corrected chi connectivity index (χ4v) is 5.85. The van der Waals surface area contributed by atoms with Crippen LogP contribution in [-0.2, 0) is 15.1 Å². The van der Waals surface area contributed by atoms with Crippen LogP contribution in [0.5, 0.6) is 11.5 Å². The maximum atomic E-state index is 12.9. The minimum absolute atomic E-state index is 0.0539. The van der Waals surface area contributed by atoms with E-state index in [1.807, 2.05) is 71.6 Å². The average molecular weight is 605 g/mol. The molecular weight excluding hydrogens is 560 g/mol. The maximum absolute atomic E-state index is 12.9. The summed E-state index contributed by atoms with van der Waals surface area (Å²) in [4.78, 5) is 25.4. The largest absolute Gasteiger partial charge is 0.497 e. The van der Waals surface area contributed by atoms with E-state index in [2.05, 4.69) is 17.4 Å². The molecule has 0 atom stereocenters. The molecule has 0 saturated carbocycles. The Kier molecular flexibility index (Phi) is 11.6. The molecule has 0 aliphatic carbocycles. The van der Waals surface area contributed by atoms with Crippen molar-refractivity contribution in [1.29, 1.82) is 0 Å². The Balaban J connectivity index is 1.54. The van der Waals surface area contributed by atoms with Gasteiger partial charge in [-0.2, -0.15) is 0 Å². The van der Waals surface area contributed by atoms with Gasteiger partial charge in [0.05, 0.1) is 27.4 Å². The number of aliphatic hydroxyl groups excluding tert-OH is 1. The van der Waals surface area contributed by atoms with Crippen molar-refractivity contribution in [3.63, 3.8) is 0 Å². The first-order valence-corrected chi connectivity index (χ1v) is 15.2. The van der Waals surface area contributed by atoms with E-state index in [-0.39, 0.29) is 19.1 Å². The van der Waals surface area contributed by atoms with Gasteiger partial charge in [-0.25, -0.2) is 4.79 Å². The molecule has 1 aliphatic heterocycles. The lowest BCUT2D eigenvalue weighted by atomic mass is 9.77. The Bertz CT molecular complexity index is 1270. The number of piperidine rings is 1. The molecular formula is C35H44N2O7. The van der Waals surface area contributed by atoms with Crippen molar-refractivity contribution in [2.24, 2.45) is 5.41 Å². The number of hydrogen-bond donors (Lipinski definition) is 3. The van der Waals surface area contributed by atoms with Crippen molar-refractivity contribution in [2.45, 2.75) is 44.1 Å². The summed E-state index contributed by atoms with van der Waals surface area (Å²) in [5.74, 6) is 1.58. The van der Waals surface area contributed by atoms with Gasteiger partial charge in [0.2, 0.25) is 5.91 Å². The summed E-state index contributed by atoms with van der Waals surface area (Å²) in [7, 11) is 3.28. The second-order valence-corrected chi connectivity index (χ2v) is 11.4. The van der Waals surface area contributed by atoms with Crippen LogP contribution in [0, 0.1) is 5.41 Å². The third kappa shape index (κ3) is 7.89. The van der Waals surface area contributed by atoms with Crippen LogP contribution >= 0.6 is 0 Å². The van der Waals surface area contributed by atoms with Crippen LogP contribution in [0.3, 0.4) is 0 Å². The first kappa shape index (κ1) is 32.8. The fourth-order valence-electron chi connectivity index (χ4n) is 5.85. The SMILES string of the molecule is COc1ccc(C(OCC2(CO)CCN(C(=O)CCCCCNC(=O)O)CC2)(c2ccccc2)c2ccc(OC)cc2)cc1. The van der Waals surface area contributed by atoms with Gasteiger partial charge < -0.3 is 34.6 Å². The highest BCUT2D eigenvalue weighted by molar-refractivity contribution is 5.76. The predicted molar refractivity (Wildman–Crippen MR) is 168 cm³/mol. The lowest BCUT2D eigenvalue weighted by molar-refractivity contribution is -0.137. The zero-order valence-electron chi connectivity index (χ0n) is 25.7. The van der Waals surface area contributed by atoms with Gasteiger partial charge >= 0.3 is 6.09 Å². The van der Waals surface area contributed by atoms with E-state index in [1.54, 1.807) is 14.2 Å². The molecule has 9 heteroatoms. The van der Waals surface area contributed by atoms with Crippen molar-refractivity contribution in [3.05, 3.63) is 95.6 Å². The summed E-state index contributed by atoms with van der Waals surface area (Å²) in [6.07, 6.45) is 2.85.